The van der Waals surface area contributed by atoms with Crippen molar-refractivity contribution in [1.29, 1.82) is 0 Å². The van der Waals surface area contributed by atoms with E-state index >= 15 is 0 Å². The topological polar surface area (TPSA) is 97.3 Å². The van der Waals surface area contributed by atoms with Crippen LogP contribution in [0.3, 0.4) is 0 Å². The van der Waals surface area contributed by atoms with Crippen LogP contribution in [0.15, 0.2) is 51.8 Å². The van der Waals surface area contributed by atoms with Gasteiger partial charge < -0.3 is 19.7 Å². The molecule has 2 heterocycles. The van der Waals surface area contributed by atoms with Gasteiger partial charge in [-0.3, -0.25) is 4.79 Å². The third-order valence-electron chi connectivity index (χ3n) is 5.11. The summed E-state index contributed by atoms with van der Waals surface area (Å²) in [6.07, 6.45) is 1.37. The van der Waals surface area contributed by atoms with E-state index in [-0.39, 0.29) is 10.8 Å². The van der Waals surface area contributed by atoms with Crippen LogP contribution in [0.4, 0.5) is 5.69 Å². The average Bonchev–Trinajstić information content (AvgIpc) is 3.31. The molecule has 1 N–H and O–H groups in total. The molecule has 0 unspecified atom stereocenters. The van der Waals surface area contributed by atoms with E-state index in [0.29, 0.717) is 41.6 Å². The minimum Gasteiger partial charge on any atom is -0.497 e. The molecule has 0 saturated carbocycles. The lowest BCUT2D eigenvalue weighted by Crippen LogP contribution is -2.43. The number of rotatable bonds is 4. The fourth-order valence-electron chi connectivity index (χ4n) is 3.71. The number of hydrogen-bond acceptors (Lipinski definition) is 6. The molecule has 2 aliphatic heterocycles. The molecule has 1 atom stereocenters. The number of ether oxygens (including phenoxy) is 2. The van der Waals surface area contributed by atoms with Crippen LogP contribution in [0.25, 0.3) is 0 Å². The number of amides is 1. The predicted molar refractivity (Wildman–Crippen MR) is 108 cm³/mol. The molecule has 4 rings (SSSR count). The fraction of sp³-hybridized carbons (Fsp3) is 0.300. The molecular weight excluding hydrogens is 394 g/mol. The zero-order chi connectivity index (χ0) is 20.6. The van der Waals surface area contributed by atoms with Crippen LogP contribution in [0.5, 0.6) is 11.5 Å². The standard InChI is InChI=1S/C20H21N3O5S/c1-27-13-9-10-15(17(12-13)28-2)21-20(24)16-7-5-11-23(16)19-14-6-3-4-8-18(14)29(25,26)22-19/h3-4,6,8-10,12,16H,5,7,11H2,1-2H3,(H,21,24)/t16-/m0/s1. The molecule has 2 aromatic carbocycles. The molecule has 0 bridgehead atoms. The van der Waals surface area contributed by atoms with E-state index < -0.39 is 16.1 Å². The molecule has 1 fully saturated rings. The Kier molecular flexibility index (Phi) is 4.91. The van der Waals surface area contributed by atoms with E-state index in [1.807, 2.05) is 0 Å². The zero-order valence-corrected chi connectivity index (χ0v) is 16.9. The highest BCUT2D eigenvalue weighted by atomic mass is 32.2. The fourth-order valence-corrected chi connectivity index (χ4v) is 4.92. The molecule has 152 valence electrons. The van der Waals surface area contributed by atoms with Crippen molar-refractivity contribution in [3.63, 3.8) is 0 Å². The van der Waals surface area contributed by atoms with Gasteiger partial charge in [-0.15, -0.1) is 4.40 Å². The largest absolute Gasteiger partial charge is 0.497 e. The lowest BCUT2D eigenvalue weighted by Gasteiger charge is -2.26. The first-order valence-corrected chi connectivity index (χ1v) is 10.6. The highest BCUT2D eigenvalue weighted by molar-refractivity contribution is 7.90. The second-order valence-corrected chi connectivity index (χ2v) is 8.37. The molecule has 0 spiro atoms. The summed E-state index contributed by atoms with van der Waals surface area (Å²) < 4.78 is 39.3. The summed E-state index contributed by atoms with van der Waals surface area (Å²) in [4.78, 5) is 15.0. The number of nitrogens with zero attached hydrogens (tertiary/aromatic N) is 2. The Labute approximate surface area is 169 Å². The molecular formula is C20H21N3O5S. The Morgan fingerprint density at radius 3 is 2.72 bits per heavy atom. The van der Waals surface area contributed by atoms with Crippen molar-refractivity contribution < 1.29 is 22.7 Å². The van der Waals surface area contributed by atoms with Crippen LogP contribution in [-0.2, 0) is 14.8 Å². The summed E-state index contributed by atoms with van der Waals surface area (Å²) in [7, 11) is -0.669. The minimum absolute atomic E-state index is 0.179. The number of hydrogen-bond donors (Lipinski definition) is 1. The van der Waals surface area contributed by atoms with Gasteiger partial charge in [-0.2, -0.15) is 8.42 Å². The summed E-state index contributed by atoms with van der Waals surface area (Å²) in [6.45, 7) is 0.556. The molecule has 8 nitrogen and oxygen atoms in total. The van der Waals surface area contributed by atoms with Crippen molar-refractivity contribution in [2.45, 2.75) is 23.8 Å². The second kappa shape index (κ2) is 7.40. The molecule has 2 aliphatic rings. The van der Waals surface area contributed by atoms with Crippen molar-refractivity contribution in [3.8, 4) is 11.5 Å². The minimum atomic E-state index is -3.74. The predicted octanol–water partition coefficient (Wildman–Crippen LogP) is 2.26. The number of likely N-dealkylation sites (tertiary alicyclic amines) is 1. The van der Waals surface area contributed by atoms with Gasteiger partial charge in [-0.05, 0) is 37.1 Å². The van der Waals surface area contributed by atoms with Crippen LogP contribution in [0.1, 0.15) is 18.4 Å². The van der Waals surface area contributed by atoms with E-state index in [1.165, 1.54) is 13.2 Å². The Morgan fingerprint density at radius 2 is 1.97 bits per heavy atom. The van der Waals surface area contributed by atoms with Crippen LogP contribution in [0.2, 0.25) is 0 Å². The highest BCUT2D eigenvalue weighted by Crippen LogP contribution is 2.33. The molecule has 0 radical (unpaired) electrons. The monoisotopic (exact) mass is 415 g/mol. The molecule has 9 heteroatoms. The smallest absolute Gasteiger partial charge is 0.285 e. The van der Waals surface area contributed by atoms with Gasteiger partial charge in [0.05, 0.1) is 19.9 Å². The molecule has 1 saturated heterocycles. The van der Waals surface area contributed by atoms with E-state index in [2.05, 4.69) is 9.71 Å². The van der Waals surface area contributed by atoms with Crippen LogP contribution in [0, 0.1) is 0 Å². The van der Waals surface area contributed by atoms with Crippen molar-refractivity contribution in [1.82, 2.24) is 4.90 Å². The summed E-state index contributed by atoms with van der Waals surface area (Å²) in [6, 6.07) is 11.3. The molecule has 2 aromatic rings. The number of nitrogens with one attached hydrogen (secondary N) is 1. The molecule has 1 amide bonds. The number of sulfonamides is 1. The third-order valence-corrected chi connectivity index (χ3v) is 6.43. The number of amidine groups is 1. The SMILES string of the molecule is COc1ccc(NC(=O)[C@@H]2CCCN2C2=NS(=O)(=O)c3ccccc32)c(OC)c1. The Bertz CT molecular complexity index is 1100. The van der Waals surface area contributed by atoms with Gasteiger partial charge in [-0.1, -0.05) is 12.1 Å². The van der Waals surface area contributed by atoms with Crippen molar-refractivity contribution in [2.75, 3.05) is 26.1 Å². The number of methoxy groups -OCH3 is 2. The first kappa shape index (κ1) is 19.3. The average molecular weight is 415 g/mol. The van der Waals surface area contributed by atoms with Gasteiger partial charge in [0, 0.05) is 18.2 Å². The van der Waals surface area contributed by atoms with Crippen LogP contribution < -0.4 is 14.8 Å². The molecule has 0 aromatic heterocycles. The van der Waals surface area contributed by atoms with Crippen molar-refractivity contribution >= 4 is 27.5 Å². The Hall–Kier alpha value is -3.07. The first-order chi connectivity index (χ1) is 13.9. The van der Waals surface area contributed by atoms with Gasteiger partial charge in [0.2, 0.25) is 5.91 Å². The maximum absolute atomic E-state index is 13.0. The number of carbonyl (C=O) groups excluding carboxylic acids is 1. The second-order valence-electron chi connectivity index (χ2n) is 6.79. The number of anilines is 1. The Balaban J connectivity index is 1.61. The number of carbonyl (C=O) groups is 1. The van der Waals surface area contributed by atoms with E-state index in [0.717, 1.165) is 6.42 Å². The summed E-state index contributed by atoms with van der Waals surface area (Å²) in [5, 5.41) is 2.89. The summed E-state index contributed by atoms with van der Waals surface area (Å²) in [5.74, 6) is 1.19. The maximum atomic E-state index is 13.0. The third kappa shape index (κ3) is 3.42. The first-order valence-electron chi connectivity index (χ1n) is 9.18. The summed E-state index contributed by atoms with van der Waals surface area (Å²) in [5.41, 5.74) is 1.06. The van der Waals surface area contributed by atoms with E-state index in [1.54, 1.807) is 48.4 Å². The van der Waals surface area contributed by atoms with Gasteiger partial charge in [0.1, 0.15) is 22.4 Å². The number of fused-ring (bicyclic) bond motifs is 1. The maximum Gasteiger partial charge on any atom is 0.285 e. The van der Waals surface area contributed by atoms with Gasteiger partial charge in [0.25, 0.3) is 10.0 Å². The lowest BCUT2D eigenvalue weighted by molar-refractivity contribution is -0.119. The lowest BCUT2D eigenvalue weighted by atomic mass is 10.1. The van der Waals surface area contributed by atoms with E-state index in [4.69, 9.17) is 9.47 Å². The Morgan fingerprint density at radius 1 is 1.17 bits per heavy atom. The van der Waals surface area contributed by atoms with Crippen LogP contribution in [-0.4, -0.2) is 51.9 Å². The molecule has 0 aliphatic carbocycles. The quantitative estimate of drug-likeness (QED) is 0.823. The normalized spacial score (nSPS) is 19.4. The van der Waals surface area contributed by atoms with E-state index in [9.17, 15) is 13.2 Å². The highest BCUT2D eigenvalue weighted by Gasteiger charge is 2.39. The van der Waals surface area contributed by atoms with Gasteiger partial charge in [-0.25, -0.2) is 0 Å². The number of benzene rings is 2. The van der Waals surface area contributed by atoms with Gasteiger partial charge in [0.15, 0.2) is 5.84 Å². The van der Waals surface area contributed by atoms with Crippen molar-refractivity contribution in [2.24, 2.45) is 4.40 Å². The zero-order valence-electron chi connectivity index (χ0n) is 16.1. The summed E-state index contributed by atoms with van der Waals surface area (Å²) >= 11 is 0. The molecule has 29 heavy (non-hydrogen) atoms. The van der Waals surface area contributed by atoms with Crippen LogP contribution >= 0.6 is 0 Å². The van der Waals surface area contributed by atoms with Gasteiger partial charge >= 0.3 is 0 Å². The van der Waals surface area contributed by atoms with Crippen molar-refractivity contribution in [3.05, 3.63) is 48.0 Å².